The molecule has 0 atom stereocenters. The molecule has 1 aromatic carbocycles. The maximum absolute atomic E-state index is 13.3. The number of carbonyl (C=O) groups excluding carboxylic acids is 2. The summed E-state index contributed by atoms with van der Waals surface area (Å²) >= 11 is 0. The van der Waals surface area contributed by atoms with Crippen LogP contribution in [0.2, 0.25) is 0 Å². The Labute approximate surface area is 116 Å². The number of halogens is 2. The Morgan fingerprint density at radius 2 is 2.00 bits per heavy atom. The molecule has 0 bridgehead atoms. The predicted molar refractivity (Wildman–Crippen MR) is 70.6 cm³/mol. The minimum absolute atomic E-state index is 0.274. The second kappa shape index (κ2) is 7.57. The van der Waals surface area contributed by atoms with Gasteiger partial charge in [0.1, 0.15) is 11.6 Å². The second-order valence-corrected chi connectivity index (χ2v) is 4.71. The van der Waals surface area contributed by atoms with Gasteiger partial charge in [0.05, 0.1) is 12.1 Å². The van der Waals surface area contributed by atoms with E-state index in [1.807, 2.05) is 13.8 Å². The standard InChI is InChI=1S/C14H17F2N2O2/c1-9(2)5-6-17-13(19)8-18-14(20)11-4-3-10(15)7-12(11)16/h3-4,6-7,9H,5,8H2,1-2H3,(H,17,19)(H,18,20). The van der Waals surface area contributed by atoms with E-state index in [9.17, 15) is 18.4 Å². The molecule has 0 heterocycles. The van der Waals surface area contributed by atoms with Crippen LogP contribution in [-0.4, -0.2) is 18.4 Å². The molecule has 0 saturated carbocycles. The van der Waals surface area contributed by atoms with E-state index in [1.165, 1.54) is 0 Å². The number of rotatable bonds is 6. The highest BCUT2D eigenvalue weighted by Gasteiger charge is 2.13. The van der Waals surface area contributed by atoms with Crippen LogP contribution < -0.4 is 10.6 Å². The van der Waals surface area contributed by atoms with Crippen LogP contribution in [0.25, 0.3) is 0 Å². The Balaban J connectivity index is 2.41. The molecule has 1 radical (unpaired) electrons. The first-order valence-electron chi connectivity index (χ1n) is 6.24. The third-order valence-corrected chi connectivity index (χ3v) is 2.44. The number of amides is 2. The van der Waals surface area contributed by atoms with E-state index in [-0.39, 0.29) is 12.1 Å². The van der Waals surface area contributed by atoms with Crippen molar-refractivity contribution in [2.75, 3.05) is 6.54 Å². The lowest BCUT2D eigenvalue weighted by Crippen LogP contribution is -2.36. The molecule has 0 aliphatic rings. The van der Waals surface area contributed by atoms with Gasteiger partial charge in [0.25, 0.3) is 5.91 Å². The molecule has 0 aliphatic heterocycles. The maximum atomic E-state index is 13.3. The van der Waals surface area contributed by atoms with Crippen LogP contribution in [0.5, 0.6) is 0 Å². The highest BCUT2D eigenvalue weighted by atomic mass is 19.1. The summed E-state index contributed by atoms with van der Waals surface area (Å²) in [6.07, 6.45) is 0.715. The summed E-state index contributed by atoms with van der Waals surface area (Å²) in [5, 5.41) is 4.78. The van der Waals surface area contributed by atoms with E-state index in [4.69, 9.17) is 0 Å². The molecule has 1 rings (SSSR count). The first kappa shape index (κ1) is 16.1. The zero-order chi connectivity index (χ0) is 15.1. The number of carbonyl (C=O) groups is 2. The van der Waals surface area contributed by atoms with Crippen LogP contribution in [0.15, 0.2) is 18.2 Å². The summed E-state index contributed by atoms with van der Waals surface area (Å²) in [4.78, 5) is 23.0. The van der Waals surface area contributed by atoms with Crippen molar-refractivity contribution in [2.24, 2.45) is 5.92 Å². The van der Waals surface area contributed by atoms with Gasteiger partial charge in [0.2, 0.25) is 5.91 Å². The molecule has 2 N–H and O–H groups in total. The lowest BCUT2D eigenvalue weighted by molar-refractivity contribution is -0.119. The Kier molecular flexibility index (Phi) is 6.09. The van der Waals surface area contributed by atoms with Gasteiger partial charge in [-0.15, -0.1) is 0 Å². The Hall–Kier alpha value is -1.98. The van der Waals surface area contributed by atoms with Crippen molar-refractivity contribution in [1.82, 2.24) is 10.6 Å². The first-order valence-corrected chi connectivity index (χ1v) is 6.24. The van der Waals surface area contributed by atoms with Crippen LogP contribution in [0, 0.1) is 24.1 Å². The van der Waals surface area contributed by atoms with E-state index in [0.717, 1.165) is 12.1 Å². The Morgan fingerprint density at radius 1 is 1.30 bits per heavy atom. The molecule has 0 unspecified atom stereocenters. The van der Waals surface area contributed by atoms with Crippen molar-refractivity contribution in [3.63, 3.8) is 0 Å². The molecule has 0 saturated heterocycles. The minimum atomic E-state index is -0.964. The summed E-state index contributed by atoms with van der Waals surface area (Å²) in [6.45, 7) is 5.34. The molecular weight excluding hydrogens is 266 g/mol. The van der Waals surface area contributed by atoms with Gasteiger partial charge in [-0.25, -0.2) is 8.78 Å². The van der Waals surface area contributed by atoms with Crippen LogP contribution in [0.1, 0.15) is 30.6 Å². The fourth-order valence-corrected chi connectivity index (χ4v) is 1.39. The van der Waals surface area contributed by atoms with Crippen molar-refractivity contribution >= 4 is 11.8 Å². The van der Waals surface area contributed by atoms with Crippen LogP contribution in [0.3, 0.4) is 0 Å². The van der Waals surface area contributed by atoms with Crippen molar-refractivity contribution in [1.29, 1.82) is 0 Å². The van der Waals surface area contributed by atoms with Gasteiger partial charge in [0, 0.05) is 12.6 Å². The summed E-state index contributed by atoms with van der Waals surface area (Å²) in [5.41, 5.74) is -0.301. The third-order valence-electron chi connectivity index (χ3n) is 2.44. The topological polar surface area (TPSA) is 58.2 Å². The van der Waals surface area contributed by atoms with Crippen LogP contribution in [0.4, 0.5) is 8.78 Å². The molecule has 20 heavy (non-hydrogen) atoms. The normalized spacial score (nSPS) is 10.4. The average Bonchev–Trinajstić information content (AvgIpc) is 2.35. The van der Waals surface area contributed by atoms with Crippen molar-refractivity contribution in [2.45, 2.75) is 20.3 Å². The largest absolute Gasteiger partial charge is 0.350 e. The second-order valence-electron chi connectivity index (χ2n) is 4.71. The smallest absolute Gasteiger partial charge is 0.254 e. The van der Waals surface area contributed by atoms with Gasteiger partial charge in [0.15, 0.2) is 0 Å². The predicted octanol–water partition coefficient (Wildman–Crippen LogP) is 2.02. The average molecular weight is 283 g/mol. The molecule has 6 heteroatoms. The fraction of sp³-hybridized carbons (Fsp3) is 0.357. The van der Waals surface area contributed by atoms with Gasteiger partial charge in [-0.3, -0.25) is 9.59 Å². The minimum Gasteiger partial charge on any atom is -0.350 e. The third kappa shape index (κ3) is 5.34. The lowest BCUT2D eigenvalue weighted by Gasteiger charge is -2.08. The molecule has 109 valence electrons. The maximum Gasteiger partial charge on any atom is 0.254 e. The van der Waals surface area contributed by atoms with E-state index in [0.29, 0.717) is 18.4 Å². The van der Waals surface area contributed by atoms with E-state index >= 15 is 0 Å². The zero-order valence-corrected chi connectivity index (χ0v) is 11.4. The van der Waals surface area contributed by atoms with Crippen molar-refractivity contribution in [3.8, 4) is 0 Å². The summed E-state index contributed by atoms with van der Waals surface area (Å²) in [6, 6.07) is 2.63. The van der Waals surface area contributed by atoms with Crippen LogP contribution >= 0.6 is 0 Å². The Morgan fingerprint density at radius 3 is 2.60 bits per heavy atom. The molecule has 0 aliphatic carbocycles. The number of hydrogen-bond acceptors (Lipinski definition) is 2. The SMILES string of the molecule is CC(C)C[CH]NC(=O)CNC(=O)c1ccc(F)cc1F. The highest BCUT2D eigenvalue weighted by molar-refractivity contribution is 5.96. The number of hydrogen-bond donors (Lipinski definition) is 2. The molecule has 2 amide bonds. The van der Waals surface area contributed by atoms with Crippen molar-refractivity contribution < 1.29 is 18.4 Å². The zero-order valence-electron chi connectivity index (χ0n) is 11.4. The van der Waals surface area contributed by atoms with Gasteiger partial charge < -0.3 is 10.6 Å². The quantitative estimate of drug-likeness (QED) is 0.839. The molecule has 0 spiro atoms. The first-order chi connectivity index (χ1) is 9.40. The molecule has 0 fully saturated rings. The van der Waals surface area contributed by atoms with E-state index in [1.54, 1.807) is 6.54 Å². The highest BCUT2D eigenvalue weighted by Crippen LogP contribution is 2.09. The fourth-order valence-electron chi connectivity index (χ4n) is 1.39. The van der Waals surface area contributed by atoms with Gasteiger partial charge >= 0.3 is 0 Å². The van der Waals surface area contributed by atoms with E-state index in [2.05, 4.69) is 10.6 Å². The van der Waals surface area contributed by atoms with Crippen molar-refractivity contribution in [3.05, 3.63) is 41.9 Å². The number of nitrogens with one attached hydrogen (secondary N) is 2. The monoisotopic (exact) mass is 283 g/mol. The van der Waals surface area contributed by atoms with Gasteiger partial charge in [-0.05, 0) is 24.5 Å². The van der Waals surface area contributed by atoms with E-state index < -0.39 is 23.4 Å². The summed E-state index contributed by atoms with van der Waals surface area (Å²) in [5.74, 6) is -2.48. The molecule has 4 nitrogen and oxygen atoms in total. The Bertz CT molecular complexity index is 490. The number of benzene rings is 1. The van der Waals surface area contributed by atoms with Gasteiger partial charge in [-0.1, -0.05) is 13.8 Å². The molecule has 0 aromatic heterocycles. The lowest BCUT2D eigenvalue weighted by atomic mass is 10.1. The summed E-state index contributed by atoms with van der Waals surface area (Å²) < 4.78 is 26.0. The molecular formula is C14H17F2N2O2. The van der Waals surface area contributed by atoms with Crippen LogP contribution in [-0.2, 0) is 4.79 Å². The molecule has 1 aromatic rings. The summed E-state index contributed by atoms with van der Waals surface area (Å²) in [7, 11) is 0. The van der Waals surface area contributed by atoms with Gasteiger partial charge in [-0.2, -0.15) is 0 Å².